The molecule has 0 bridgehead atoms. The highest BCUT2D eigenvalue weighted by molar-refractivity contribution is 8.93. The predicted octanol–water partition coefficient (Wildman–Crippen LogP) is 2.71. The van der Waals surface area contributed by atoms with Gasteiger partial charge in [-0.05, 0) is 18.6 Å². The molecular weight excluding hydrogens is 364 g/mol. The van der Waals surface area contributed by atoms with Crippen LogP contribution in [-0.4, -0.2) is 14.2 Å². The molecule has 0 atom stereocenters. The van der Waals surface area contributed by atoms with Gasteiger partial charge >= 0.3 is 0 Å². The number of hydrogen-bond donors (Lipinski definition) is 2. The molecule has 3 rings (SSSR count). The Morgan fingerprint density at radius 2 is 2.00 bits per heavy atom. The topological polar surface area (TPSA) is 74.5 Å². The normalized spacial score (nSPS) is 10.2. The monoisotopic (exact) mass is 378 g/mol. The van der Waals surface area contributed by atoms with Crippen LogP contribution in [0.4, 0.5) is 0 Å². The smallest absolute Gasteiger partial charge is 0.258 e. The van der Waals surface area contributed by atoms with Crippen molar-refractivity contribution in [3.05, 3.63) is 68.9 Å². The Morgan fingerprint density at radius 3 is 2.64 bits per heavy atom. The summed E-state index contributed by atoms with van der Waals surface area (Å²) in [5.41, 5.74) is 3.08. The lowest BCUT2D eigenvalue weighted by Gasteiger charge is -2.10. The molecule has 0 saturated carbocycles. The SMILES string of the molecule is Br.Cc1nn(Cc2cc(=O)[nH]s2)c(=N)cc1-c1ccccc1. The minimum absolute atomic E-state index is 0. The van der Waals surface area contributed by atoms with E-state index in [2.05, 4.69) is 9.47 Å². The van der Waals surface area contributed by atoms with E-state index in [-0.39, 0.29) is 22.5 Å². The lowest BCUT2D eigenvalue weighted by Crippen LogP contribution is -2.24. The zero-order chi connectivity index (χ0) is 14.8. The molecule has 0 spiro atoms. The molecule has 114 valence electrons. The van der Waals surface area contributed by atoms with Crippen LogP contribution in [0, 0.1) is 12.3 Å². The van der Waals surface area contributed by atoms with E-state index in [1.54, 1.807) is 10.7 Å². The van der Waals surface area contributed by atoms with Crippen LogP contribution < -0.4 is 11.0 Å². The van der Waals surface area contributed by atoms with E-state index in [0.717, 1.165) is 21.7 Å². The third kappa shape index (κ3) is 3.42. The Morgan fingerprint density at radius 1 is 1.27 bits per heavy atom. The maximum Gasteiger partial charge on any atom is 0.258 e. The lowest BCUT2D eigenvalue weighted by molar-refractivity contribution is 0.616. The average Bonchev–Trinajstić information content (AvgIpc) is 2.89. The number of nitrogens with one attached hydrogen (secondary N) is 2. The number of aromatic amines is 1. The number of benzene rings is 1. The predicted molar refractivity (Wildman–Crippen MR) is 92.6 cm³/mol. The molecule has 7 heteroatoms. The van der Waals surface area contributed by atoms with E-state index in [1.165, 1.54) is 11.5 Å². The summed E-state index contributed by atoms with van der Waals surface area (Å²) in [6.07, 6.45) is 0. The van der Waals surface area contributed by atoms with Gasteiger partial charge in [0.25, 0.3) is 5.56 Å². The first-order valence-electron chi connectivity index (χ1n) is 6.49. The van der Waals surface area contributed by atoms with Gasteiger partial charge in [0.15, 0.2) is 0 Å². The first kappa shape index (κ1) is 16.4. The summed E-state index contributed by atoms with van der Waals surface area (Å²) in [5.74, 6) is 0. The van der Waals surface area contributed by atoms with Crippen molar-refractivity contribution in [2.75, 3.05) is 0 Å². The van der Waals surface area contributed by atoms with Gasteiger partial charge in [-0.1, -0.05) is 41.9 Å². The molecule has 5 nitrogen and oxygen atoms in total. The molecule has 0 fully saturated rings. The van der Waals surface area contributed by atoms with Gasteiger partial charge in [-0.3, -0.25) is 14.6 Å². The summed E-state index contributed by atoms with van der Waals surface area (Å²) in [6, 6.07) is 13.3. The molecule has 2 heterocycles. The highest BCUT2D eigenvalue weighted by atomic mass is 79.9. The van der Waals surface area contributed by atoms with Crippen LogP contribution in [-0.2, 0) is 6.54 Å². The fraction of sp³-hybridized carbons (Fsp3) is 0.133. The van der Waals surface area contributed by atoms with Gasteiger partial charge in [-0.15, -0.1) is 17.0 Å². The van der Waals surface area contributed by atoms with E-state index in [1.807, 2.05) is 43.3 Å². The largest absolute Gasteiger partial charge is 0.283 e. The number of halogens is 1. The Kier molecular flexibility index (Phi) is 5.10. The molecule has 1 aromatic carbocycles. The van der Waals surface area contributed by atoms with E-state index in [0.29, 0.717) is 12.0 Å². The van der Waals surface area contributed by atoms with Crippen molar-refractivity contribution < 1.29 is 0 Å². The first-order chi connectivity index (χ1) is 10.1. The molecule has 0 aliphatic carbocycles. The van der Waals surface area contributed by atoms with Crippen LogP contribution in [0.1, 0.15) is 10.6 Å². The minimum Gasteiger partial charge on any atom is -0.283 e. The summed E-state index contributed by atoms with van der Waals surface area (Å²) >= 11 is 1.28. The van der Waals surface area contributed by atoms with Gasteiger partial charge < -0.3 is 0 Å². The number of nitrogens with zero attached hydrogens (tertiary/aromatic N) is 2. The number of H-pyrrole nitrogens is 1. The second kappa shape index (κ2) is 6.85. The molecule has 0 radical (unpaired) electrons. The zero-order valence-corrected chi connectivity index (χ0v) is 14.4. The lowest BCUT2D eigenvalue weighted by atomic mass is 10.1. The Balaban J connectivity index is 0.00000176. The number of rotatable bonds is 3. The first-order valence-corrected chi connectivity index (χ1v) is 7.31. The molecule has 22 heavy (non-hydrogen) atoms. The fourth-order valence-corrected chi connectivity index (χ4v) is 2.82. The fourth-order valence-electron chi connectivity index (χ4n) is 2.18. The molecule has 0 saturated heterocycles. The van der Waals surface area contributed by atoms with Crippen molar-refractivity contribution in [1.82, 2.24) is 14.2 Å². The van der Waals surface area contributed by atoms with Gasteiger partial charge in [0.05, 0.1) is 12.2 Å². The quantitative estimate of drug-likeness (QED) is 0.734. The summed E-state index contributed by atoms with van der Waals surface area (Å²) < 4.78 is 4.24. The third-order valence-electron chi connectivity index (χ3n) is 3.18. The molecule has 0 aliphatic heterocycles. The Labute approximate surface area is 141 Å². The number of aromatic nitrogens is 3. The van der Waals surface area contributed by atoms with Gasteiger partial charge in [-0.25, -0.2) is 4.68 Å². The van der Waals surface area contributed by atoms with E-state index < -0.39 is 0 Å². The van der Waals surface area contributed by atoms with Crippen molar-refractivity contribution in [3.8, 4) is 11.1 Å². The van der Waals surface area contributed by atoms with Crippen LogP contribution in [0.15, 0.2) is 47.3 Å². The molecule has 0 aliphatic rings. The van der Waals surface area contributed by atoms with Crippen molar-refractivity contribution in [1.29, 1.82) is 5.41 Å². The van der Waals surface area contributed by atoms with Gasteiger partial charge in [0.1, 0.15) is 5.49 Å². The Hall–Kier alpha value is -1.99. The molecule has 0 unspecified atom stereocenters. The van der Waals surface area contributed by atoms with Gasteiger partial charge in [-0.2, -0.15) is 5.10 Å². The number of hydrogen-bond acceptors (Lipinski definition) is 4. The Bertz CT molecular complexity index is 882. The van der Waals surface area contributed by atoms with Crippen LogP contribution in [0.5, 0.6) is 0 Å². The van der Waals surface area contributed by atoms with Crippen molar-refractivity contribution >= 4 is 28.5 Å². The summed E-state index contributed by atoms with van der Waals surface area (Å²) in [6.45, 7) is 2.36. The second-order valence-corrected chi connectivity index (χ2v) is 5.66. The van der Waals surface area contributed by atoms with Crippen LogP contribution in [0.25, 0.3) is 11.1 Å². The molecule has 3 aromatic rings. The van der Waals surface area contributed by atoms with Gasteiger partial charge in [0.2, 0.25) is 0 Å². The summed E-state index contributed by atoms with van der Waals surface area (Å²) in [5, 5.41) is 12.6. The highest BCUT2D eigenvalue weighted by Gasteiger charge is 2.07. The third-order valence-corrected chi connectivity index (χ3v) is 4.00. The van der Waals surface area contributed by atoms with E-state index in [9.17, 15) is 4.79 Å². The van der Waals surface area contributed by atoms with Crippen molar-refractivity contribution in [3.63, 3.8) is 0 Å². The van der Waals surface area contributed by atoms with Crippen LogP contribution in [0.2, 0.25) is 0 Å². The number of aryl methyl sites for hydroxylation is 1. The maximum absolute atomic E-state index is 11.1. The molecule has 0 amide bonds. The standard InChI is InChI=1S/C15H14N4OS.BrH/c1-10-13(11-5-3-2-4-6-11)8-14(16)19(17-10)9-12-7-15(20)18-21-12;/h2-8,16H,9H2,1H3,(H,18,20);1H. The van der Waals surface area contributed by atoms with Crippen LogP contribution in [0.3, 0.4) is 0 Å². The second-order valence-electron chi connectivity index (χ2n) is 4.73. The van der Waals surface area contributed by atoms with Gasteiger partial charge in [0, 0.05) is 16.5 Å². The molecular formula is C15H15BrN4OS. The summed E-state index contributed by atoms with van der Waals surface area (Å²) in [7, 11) is 0. The van der Waals surface area contributed by atoms with Crippen molar-refractivity contribution in [2.24, 2.45) is 0 Å². The van der Waals surface area contributed by atoms with E-state index in [4.69, 9.17) is 5.41 Å². The maximum atomic E-state index is 11.1. The van der Waals surface area contributed by atoms with Crippen LogP contribution >= 0.6 is 28.5 Å². The summed E-state index contributed by atoms with van der Waals surface area (Å²) in [4.78, 5) is 12.0. The van der Waals surface area contributed by atoms with Crippen molar-refractivity contribution in [2.45, 2.75) is 13.5 Å². The molecule has 2 aromatic heterocycles. The average molecular weight is 379 g/mol. The zero-order valence-electron chi connectivity index (χ0n) is 11.9. The van der Waals surface area contributed by atoms with E-state index >= 15 is 0 Å². The highest BCUT2D eigenvalue weighted by Crippen LogP contribution is 2.19. The molecule has 2 N–H and O–H groups in total. The minimum atomic E-state index is -0.111.